The van der Waals surface area contributed by atoms with E-state index in [2.05, 4.69) is 18.3 Å². The number of anilines is 1. The summed E-state index contributed by atoms with van der Waals surface area (Å²) in [7, 11) is 1.47. The molecule has 19 heavy (non-hydrogen) atoms. The van der Waals surface area contributed by atoms with Gasteiger partial charge in [0.05, 0.1) is 7.11 Å². The topological polar surface area (TPSA) is 38.3 Å². The largest absolute Gasteiger partial charge is 0.467 e. The van der Waals surface area contributed by atoms with E-state index >= 15 is 0 Å². The molecule has 0 aliphatic heterocycles. The van der Waals surface area contributed by atoms with Gasteiger partial charge in [0.1, 0.15) is 6.04 Å². The number of nitrogens with one attached hydrogen (secondary N) is 1. The first-order valence-corrected chi connectivity index (χ1v) is 7.12. The molecule has 1 atom stereocenters. The molecular formula is C16H23NO2. The normalized spacial score (nSPS) is 17.8. The number of benzene rings is 1. The first-order chi connectivity index (χ1) is 9.22. The van der Waals surface area contributed by atoms with Crippen LogP contribution in [0, 0.1) is 12.8 Å². The van der Waals surface area contributed by atoms with Gasteiger partial charge in [-0.3, -0.25) is 0 Å². The third kappa shape index (κ3) is 3.49. The zero-order valence-electron chi connectivity index (χ0n) is 11.8. The van der Waals surface area contributed by atoms with E-state index in [0.29, 0.717) is 5.92 Å². The van der Waals surface area contributed by atoms with Crippen LogP contribution in [-0.2, 0) is 9.53 Å². The summed E-state index contributed by atoms with van der Waals surface area (Å²) in [5.41, 5.74) is 2.19. The van der Waals surface area contributed by atoms with E-state index in [9.17, 15) is 4.79 Å². The third-order valence-corrected chi connectivity index (χ3v) is 4.03. The highest BCUT2D eigenvalue weighted by Gasteiger charge is 2.30. The number of esters is 1. The van der Waals surface area contributed by atoms with Crippen LogP contribution in [0.15, 0.2) is 24.3 Å². The van der Waals surface area contributed by atoms with Crippen molar-refractivity contribution >= 4 is 11.7 Å². The van der Waals surface area contributed by atoms with Crippen LogP contribution in [0.25, 0.3) is 0 Å². The lowest BCUT2D eigenvalue weighted by molar-refractivity contribution is -0.143. The Balaban J connectivity index is 2.13. The highest BCUT2D eigenvalue weighted by molar-refractivity contribution is 5.80. The zero-order chi connectivity index (χ0) is 13.7. The first kappa shape index (κ1) is 13.9. The molecule has 0 heterocycles. The van der Waals surface area contributed by atoms with Crippen molar-refractivity contribution in [1.82, 2.24) is 0 Å². The summed E-state index contributed by atoms with van der Waals surface area (Å²) >= 11 is 0. The monoisotopic (exact) mass is 261 g/mol. The van der Waals surface area contributed by atoms with Crippen LogP contribution in [0.2, 0.25) is 0 Å². The summed E-state index contributed by atoms with van der Waals surface area (Å²) in [6.45, 7) is 2.05. The van der Waals surface area contributed by atoms with E-state index in [1.807, 2.05) is 18.2 Å². The summed E-state index contributed by atoms with van der Waals surface area (Å²) in [5.74, 6) is 0.246. The molecule has 0 radical (unpaired) electrons. The minimum absolute atomic E-state index is 0.143. The van der Waals surface area contributed by atoms with Crippen molar-refractivity contribution in [2.45, 2.75) is 45.1 Å². The smallest absolute Gasteiger partial charge is 0.328 e. The molecule has 104 valence electrons. The molecule has 1 fully saturated rings. The average Bonchev–Trinajstić information content (AvgIpc) is 2.46. The summed E-state index contributed by atoms with van der Waals surface area (Å²) in [6.07, 6.45) is 5.94. The first-order valence-electron chi connectivity index (χ1n) is 7.12. The molecule has 3 heteroatoms. The Morgan fingerprint density at radius 1 is 1.26 bits per heavy atom. The molecular weight excluding hydrogens is 238 g/mol. The van der Waals surface area contributed by atoms with Gasteiger partial charge in [0, 0.05) is 5.69 Å². The molecule has 1 N–H and O–H groups in total. The molecule has 1 aliphatic carbocycles. The van der Waals surface area contributed by atoms with Gasteiger partial charge in [0.15, 0.2) is 0 Å². The fraction of sp³-hybridized carbons (Fsp3) is 0.562. The molecule has 2 rings (SSSR count). The standard InChI is InChI=1S/C16H23NO2/c1-12-8-6-7-11-14(12)17-15(16(18)19-2)13-9-4-3-5-10-13/h6-8,11,13,15,17H,3-5,9-10H2,1-2H3. The molecule has 1 aromatic carbocycles. The van der Waals surface area contributed by atoms with E-state index in [1.54, 1.807) is 0 Å². The molecule has 0 amide bonds. The second-order valence-electron chi connectivity index (χ2n) is 5.36. The summed E-state index contributed by atoms with van der Waals surface area (Å²) in [5, 5.41) is 3.39. The lowest BCUT2D eigenvalue weighted by atomic mass is 9.83. The van der Waals surface area contributed by atoms with Crippen molar-refractivity contribution in [2.75, 3.05) is 12.4 Å². The number of hydrogen-bond donors (Lipinski definition) is 1. The van der Waals surface area contributed by atoms with Gasteiger partial charge in [-0.2, -0.15) is 0 Å². The van der Waals surface area contributed by atoms with Crippen molar-refractivity contribution in [2.24, 2.45) is 5.92 Å². The number of methoxy groups -OCH3 is 1. The van der Waals surface area contributed by atoms with E-state index in [-0.39, 0.29) is 12.0 Å². The second kappa shape index (κ2) is 6.60. The Hall–Kier alpha value is -1.51. The zero-order valence-corrected chi connectivity index (χ0v) is 11.8. The van der Waals surface area contributed by atoms with Crippen molar-refractivity contribution < 1.29 is 9.53 Å². The molecule has 0 saturated heterocycles. The quantitative estimate of drug-likeness (QED) is 0.843. The number of rotatable bonds is 4. The Labute approximate surface area is 115 Å². The Morgan fingerprint density at radius 2 is 1.95 bits per heavy atom. The van der Waals surface area contributed by atoms with E-state index < -0.39 is 0 Å². The van der Waals surface area contributed by atoms with Crippen LogP contribution >= 0.6 is 0 Å². The lowest BCUT2D eigenvalue weighted by Crippen LogP contribution is -2.39. The van der Waals surface area contributed by atoms with E-state index in [0.717, 1.165) is 24.1 Å². The van der Waals surface area contributed by atoms with Gasteiger partial charge in [-0.15, -0.1) is 0 Å². The van der Waals surface area contributed by atoms with Crippen LogP contribution < -0.4 is 5.32 Å². The Kier molecular flexibility index (Phi) is 4.83. The van der Waals surface area contributed by atoms with Crippen molar-refractivity contribution in [3.05, 3.63) is 29.8 Å². The molecule has 1 aromatic rings. The minimum atomic E-state index is -0.216. The van der Waals surface area contributed by atoms with Crippen LogP contribution in [-0.4, -0.2) is 19.1 Å². The van der Waals surface area contributed by atoms with Crippen molar-refractivity contribution in [3.8, 4) is 0 Å². The van der Waals surface area contributed by atoms with Gasteiger partial charge in [0.2, 0.25) is 0 Å². The van der Waals surface area contributed by atoms with Gasteiger partial charge < -0.3 is 10.1 Å². The molecule has 0 spiro atoms. The van der Waals surface area contributed by atoms with Gasteiger partial charge in [-0.05, 0) is 37.3 Å². The molecule has 3 nitrogen and oxygen atoms in total. The van der Waals surface area contributed by atoms with Crippen LogP contribution in [0.3, 0.4) is 0 Å². The van der Waals surface area contributed by atoms with E-state index in [1.165, 1.54) is 26.4 Å². The number of ether oxygens (including phenoxy) is 1. The molecule has 0 aromatic heterocycles. The predicted octanol–water partition coefficient (Wildman–Crippen LogP) is 3.53. The van der Waals surface area contributed by atoms with Crippen molar-refractivity contribution in [1.29, 1.82) is 0 Å². The fourth-order valence-corrected chi connectivity index (χ4v) is 2.87. The highest BCUT2D eigenvalue weighted by Crippen LogP contribution is 2.29. The fourth-order valence-electron chi connectivity index (χ4n) is 2.87. The number of hydrogen-bond acceptors (Lipinski definition) is 3. The maximum atomic E-state index is 12.0. The maximum Gasteiger partial charge on any atom is 0.328 e. The van der Waals surface area contributed by atoms with Gasteiger partial charge in [-0.1, -0.05) is 37.5 Å². The van der Waals surface area contributed by atoms with Gasteiger partial charge >= 0.3 is 5.97 Å². The van der Waals surface area contributed by atoms with Crippen molar-refractivity contribution in [3.63, 3.8) is 0 Å². The average molecular weight is 261 g/mol. The molecule has 1 unspecified atom stereocenters. The summed E-state index contributed by atoms with van der Waals surface area (Å²) in [4.78, 5) is 12.0. The molecule has 1 aliphatic rings. The van der Waals surface area contributed by atoms with Crippen LogP contribution in [0.1, 0.15) is 37.7 Å². The number of aryl methyl sites for hydroxylation is 1. The highest BCUT2D eigenvalue weighted by atomic mass is 16.5. The number of para-hydroxylation sites is 1. The second-order valence-corrected chi connectivity index (χ2v) is 5.36. The van der Waals surface area contributed by atoms with Crippen LogP contribution in [0.4, 0.5) is 5.69 Å². The van der Waals surface area contributed by atoms with E-state index in [4.69, 9.17) is 4.74 Å². The van der Waals surface area contributed by atoms with Gasteiger partial charge in [0.25, 0.3) is 0 Å². The van der Waals surface area contributed by atoms with Crippen LogP contribution in [0.5, 0.6) is 0 Å². The Morgan fingerprint density at radius 3 is 2.58 bits per heavy atom. The maximum absolute atomic E-state index is 12.0. The summed E-state index contributed by atoms with van der Waals surface area (Å²) in [6, 6.07) is 7.86. The minimum Gasteiger partial charge on any atom is -0.467 e. The number of carbonyl (C=O) groups excluding carboxylic acids is 1. The van der Waals surface area contributed by atoms with Gasteiger partial charge in [-0.25, -0.2) is 4.79 Å². The number of carbonyl (C=O) groups is 1. The lowest BCUT2D eigenvalue weighted by Gasteiger charge is -2.30. The summed E-state index contributed by atoms with van der Waals surface area (Å²) < 4.78 is 4.98. The predicted molar refractivity (Wildman–Crippen MR) is 77.2 cm³/mol. The Bertz CT molecular complexity index is 425. The molecule has 0 bridgehead atoms. The SMILES string of the molecule is COC(=O)C(Nc1ccccc1C)C1CCCCC1. The molecule has 1 saturated carbocycles. The third-order valence-electron chi connectivity index (χ3n) is 4.03.